The first kappa shape index (κ1) is 23.5. The van der Waals surface area contributed by atoms with Crippen LogP contribution in [0.3, 0.4) is 0 Å². The van der Waals surface area contributed by atoms with E-state index in [9.17, 15) is 4.79 Å². The molecule has 0 amide bonds. The van der Waals surface area contributed by atoms with Gasteiger partial charge in [0, 0.05) is 18.3 Å². The molecular formula is C25H38N4O2. The Bertz CT molecular complexity index is 845. The predicted octanol–water partition coefficient (Wildman–Crippen LogP) is 4.35. The van der Waals surface area contributed by atoms with Crippen molar-refractivity contribution in [2.24, 2.45) is 0 Å². The average molecular weight is 427 g/mol. The number of likely N-dealkylation sites (tertiary alicyclic amines) is 1. The Morgan fingerprint density at radius 1 is 1.23 bits per heavy atom. The van der Waals surface area contributed by atoms with Crippen LogP contribution >= 0.6 is 0 Å². The van der Waals surface area contributed by atoms with E-state index in [4.69, 9.17) is 4.74 Å². The Morgan fingerprint density at radius 3 is 2.84 bits per heavy atom. The summed E-state index contributed by atoms with van der Waals surface area (Å²) in [5, 5.41) is 3.56. The number of aromatic amines is 1. The number of rotatable bonds is 12. The minimum Gasteiger partial charge on any atom is -0.494 e. The molecule has 2 N–H and O–H groups in total. The van der Waals surface area contributed by atoms with Gasteiger partial charge in [0.05, 0.1) is 18.5 Å². The number of aryl methyl sites for hydroxylation is 1. The van der Waals surface area contributed by atoms with Crippen LogP contribution in [-0.4, -0.2) is 41.1 Å². The number of nitrogens with zero attached hydrogens (tertiary/aromatic N) is 2. The molecule has 1 aromatic carbocycles. The molecule has 1 aromatic heterocycles. The fourth-order valence-electron chi connectivity index (χ4n) is 4.31. The highest BCUT2D eigenvalue weighted by atomic mass is 16.5. The standard InChI is InChI=1S/C25H38N4O2/c1-3-4-12-23(24-20(2)27-19-28-25(24)30)26-13-9-16-31-22-11-8-10-21(17-22)18-29-14-6-5-7-15-29/h8,10-11,17,19,23,26H,3-7,9,12-16,18H2,1-2H3,(H,27,28,30). The zero-order valence-electron chi connectivity index (χ0n) is 19.2. The van der Waals surface area contributed by atoms with Gasteiger partial charge in [0.25, 0.3) is 5.56 Å². The van der Waals surface area contributed by atoms with E-state index >= 15 is 0 Å². The first-order valence-electron chi connectivity index (χ1n) is 11.9. The van der Waals surface area contributed by atoms with Crippen LogP contribution in [0.25, 0.3) is 0 Å². The van der Waals surface area contributed by atoms with E-state index in [-0.39, 0.29) is 11.6 Å². The van der Waals surface area contributed by atoms with Crippen LogP contribution in [0, 0.1) is 6.92 Å². The molecular weight excluding hydrogens is 388 g/mol. The van der Waals surface area contributed by atoms with Gasteiger partial charge < -0.3 is 15.0 Å². The summed E-state index contributed by atoms with van der Waals surface area (Å²) in [6.45, 7) is 8.95. The van der Waals surface area contributed by atoms with Gasteiger partial charge >= 0.3 is 0 Å². The smallest absolute Gasteiger partial charge is 0.255 e. The van der Waals surface area contributed by atoms with Crippen LogP contribution in [-0.2, 0) is 6.54 Å². The Balaban J connectivity index is 1.46. The summed E-state index contributed by atoms with van der Waals surface area (Å²) in [4.78, 5) is 21.9. The lowest BCUT2D eigenvalue weighted by molar-refractivity contribution is 0.220. The third kappa shape index (κ3) is 7.47. The molecule has 6 heteroatoms. The lowest BCUT2D eigenvalue weighted by Crippen LogP contribution is -2.30. The molecule has 1 atom stereocenters. The number of aromatic nitrogens is 2. The van der Waals surface area contributed by atoms with Crippen LogP contribution in [0.5, 0.6) is 5.75 Å². The van der Waals surface area contributed by atoms with Crippen molar-refractivity contribution in [3.63, 3.8) is 0 Å². The topological polar surface area (TPSA) is 70.2 Å². The number of ether oxygens (including phenoxy) is 1. The molecule has 1 saturated heterocycles. The van der Waals surface area contributed by atoms with E-state index in [1.807, 2.05) is 13.0 Å². The van der Waals surface area contributed by atoms with E-state index in [2.05, 4.69) is 45.3 Å². The number of unbranched alkanes of at least 4 members (excludes halogenated alkanes) is 1. The van der Waals surface area contributed by atoms with E-state index in [1.165, 1.54) is 44.2 Å². The zero-order valence-corrected chi connectivity index (χ0v) is 19.2. The number of nitrogens with one attached hydrogen (secondary N) is 2. The third-order valence-corrected chi connectivity index (χ3v) is 6.02. The number of H-pyrrole nitrogens is 1. The van der Waals surface area contributed by atoms with E-state index in [1.54, 1.807) is 0 Å². The van der Waals surface area contributed by atoms with E-state index in [0.29, 0.717) is 6.61 Å². The van der Waals surface area contributed by atoms with Crippen molar-refractivity contribution in [2.45, 2.75) is 71.4 Å². The molecule has 0 aliphatic carbocycles. The Morgan fingerprint density at radius 2 is 2.06 bits per heavy atom. The minimum absolute atomic E-state index is 0.0327. The van der Waals surface area contributed by atoms with Crippen molar-refractivity contribution in [1.82, 2.24) is 20.2 Å². The summed E-state index contributed by atoms with van der Waals surface area (Å²) < 4.78 is 6.01. The highest BCUT2D eigenvalue weighted by Crippen LogP contribution is 2.19. The summed E-state index contributed by atoms with van der Waals surface area (Å²) in [6, 6.07) is 8.52. The molecule has 0 saturated carbocycles. The predicted molar refractivity (Wildman–Crippen MR) is 126 cm³/mol. The van der Waals surface area contributed by atoms with Crippen molar-refractivity contribution in [3.05, 3.63) is 57.8 Å². The molecule has 1 aliphatic rings. The lowest BCUT2D eigenvalue weighted by atomic mass is 10.0. The molecule has 0 bridgehead atoms. The summed E-state index contributed by atoms with van der Waals surface area (Å²) in [6.07, 6.45) is 9.46. The Hall–Kier alpha value is -2.18. The van der Waals surface area contributed by atoms with Crippen molar-refractivity contribution >= 4 is 0 Å². The first-order valence-corrected chi connectivity index (χ1v) is 11.9. The molecule has 1 aliphatic heterocycles. The fourth-order valence-corrected chi connectivity index (χ4v) is 4.31. The quantitative estimate of drug-likeness (QED) is 0.494. The van der Waals surface area contributed by atoms with Crippen molar-refractivity contribution < 1.29 is 4.74 Å². The van der Waals surface area contributed by atoms with Gasteiger partial charge in [0.15, 0.2) is 0 Å². The highest BCUT2D eigenvalue weighted by molar-refractivity contribution is 5.28. The van der Waals surface area contributed by atoms with Gasteiger partial charge in [-0.1, -0.05) is 38.3 Å². The van der Waals surface area contributed by atoms with Crippen LogP contribution in [0.2, 0.25) is 0 Å². The SMILES string of the molecule is CCCCC(NCCCOc1cccc(CN2CCCCC2)c1)c1c(C)nc[nH]c1=O. The van der Waals surface area contributed by atoms with Crippen LogP contribution in [0.1, 0.15) is 74.7 Å². The van der Waals surface area contributed by atoms with Crippen molar-refractivity contribution in [3.8, 4) is 5.75 Å². The first-order chi connectivity index (χ1) is 15.2. The number of hydrogen-bond acceptors (Lipinski definition) is 5. The van der Waals surface area contributed by atoms with Crippen LogP contribution in [0.15, 0.2) is 35.4 Å². The largest absolute Gasteiger partial charge is 0.494 e. The normalized spacial score (nSPS) is 15.7. The molecule has 1 fully saturated rings. The van der Waals surface area contributed by atoms with E-state index in [0.717, 1.165) is 55.8 Å². The van der Waals surface area contributed by atoms with Gasteiger partial charge in [-0.15, -0.1) is 0 Å². The molecule has 2 aromatic rings. The van der Waals surface area contributed by atoms with Gasteiger partial charge in [-0.25, -0.2) is 4.98 Å². The molecule has 0 radical (unpaired) electrons. The molecule has 3 rings (SSSR count). The maximum Gasteiger partial charge on any atom is 0.255 e. The second kappa shape index (κ2) is 12.6. The van der Waals surface area contributed by atoms with Crippen molar-refractivity contribution in [1.29, 1.82) is 0 Å². The fraction of sp³-hybridized carbons (Fsp3) is 0.600. The maximum absolute atomic E-state index is 12.3. The lowest BCUT2D eigenvalue weighted by Gasteiger charge is -2.26. The molecule has 170 valence electrons. The number of hydrogen-bond donors (Lipinski definition) is 2. The Labute approximate surface area is 186 Å². The molecule has 2 heterocycles. The van der Waals surface area contributed by atoms with Gasteiger partial charge in [0.1, 0.15) is 5.75 Å². The van der Waals surface area contributed by atoms with Crippen molar-refractivity contribution in [2.75, 3.05) is 26.2 Å². The van der Waals surface area contributed by atoms with Gasteiger partial charge in [-0.2, -0.15) is 0 Å². The third-order valence-electron chi connectivity index (χ3n) is 6.02. The summed E-state index contributed by atoms with van der Waals surface area (Å²) in [7, 11) is 0. The van der Waals surface area contributed by atoms with Gasteiger partial charge in [-0.3, -0.25) is 9.69 Å². The second-order valence-electron chi connectivity index (χ2n) is 8.57. The molecule has 1 unspecified atom stereocenters. The van der Waals surface area contributed by atoms with Gasteiger partial charge in [0.2, 0.25) is 0 Å². The monoisotopic (exact) mass is 426 g/mol. The minimum atomic E-state index is -0.0390. The van der Waals surface area contributed by atoms with Gasteiger partial charge in [-0.05, 0) is 69.9 Å². The summed E-state index contributed by atoms with van der Waals surface area (Å²) >= 11 is 0. The maximum atomic E-state index is 12.3. The zero-order chi connectivity index (χ0) is 21.9. The Kier molecular flexibility index (Phi) is 9.56. The molecule has 0 spiro atoms. The van der Waals surface area contributed by atoms with Crippen LogP contribution < -0.4 is 15.6 Å². The molecule has 6 nitrogen and oxygen atoms in total. The van der Waals surface area contributed by atoms with E-state index < -0.39 is 0 Å². The van der Waals surface area contributed by atoms with Crippen LogP contribution in [0.4, 0.5) is 0 Å². The number of benzene rings is 1. The second-order valence-corrected chi connectivity index (χ2v) is 8.57. The summed E-state index contributed by atoms with van der Waals surface area (Å²) in [5.41, 5.74) is 2.85. The number of piperidine rings is 1. The molecule has 31 heavy (non-hydrogen) atoms. The summed E-state index contributed by atoms with van der Waals surface area (Å²) in [5.74, 6) is 0.941. The highest BCUT2D eigenvalue weighted by Gasteiger charge is 2.17. The average Bonchev–Trinajstić information content (AvgIpc) is 2.77.